The van der Waals surface area contributed by atoms with Crippen molar-refractivity contribution in [1.82, 2.24) is 9.88 Å². The molecule has 140 valence electrons. The lowest BCUT2D eigenvalue weighted by atomic mass is 9.91. The molecule has 5 heteroatoms. The second-order valence-electron chi connectivity index (χ2n) is 7.23. The van der Waals surface area contributed by atoms with Gasteiger partial charge < -0.3 is 19.7 Å². The van der Waals surface area contributed by atoms with E-state index in [1.54, 1.807) is 19.2 Å². The summed E-state index contributed by atoms with van der Waals surface area (Å²) in [6.07, 6.45) is 3.03. The van der Waals surface area contributed by atoms with Crippen LogP contribution in [0.3, 0.4) is 0 Å². The number of nitrogens with zero attached hydrogens (tertiary/aromatic N) is 1. The number of fused-ring (bicyclic) bond motifs is 1. The standard InChI is InChI=1S/C22H24N2O3/c1-27-21-7-3-2-6-17(21)11-15-5-4-10-24(14-15)22(26)20-12-16-8-9-18(25)13-19(16)23-20/h2-3,6-9,12-13,15,23,25H,4-5,10-11,14H2,1H3. The molecule has 0 saturated carbocycles. The van der Waals surface area contributed by atoms with Crippen LogP contribution in [0.4, 0.5) is 0 Å². The molecule has 1 aliphatic rings. The van der Waals surface area contributed by atoms with Gasteiger partial charge in [0.1, 0.15) is 17.2 Å². The maximum Gasteiger partial charge on any atom is 0.270 e. The molecule has 0 bridgehead atoms. The van der Waals surface area contributed by atoms with Crippen LogP contribution in [0.15, 0.2) is 48.5 Å². The van der Waals surface area contributed by atoms with Crippen LogP contribution < -0.4 is 4.74 Å². The van der Waals surface area contributed by atoms with Crippen LogP contribution >= 0.6 is 0 Å². The van der Waals surface area contributed by atoms with E-state index in [0.29, 0.717) is 11.6 Å². The van der Waals surface area contributed by atoms with Crippen molar-refractivity contribution in [3.8, 4) is 11.5 Å². The first-order valence-electron chi connectivity index (χ1n) is 9.37. The number of para-hydroxylation sites is 1. The molecule has 3 aromatic rings. The van der Waals surface area contributed by atoms with E-state index in [0.717, 1.165) is 49.0 Å². The van der Waals surface area contributed by atoms with Crippen LogP contribution in [0.25, 0.3) is 10.9 Å². The largest absolute Gasteiger partial charge is 0.508 e. The number of H-pyrrole nitrogens is 1. The number of ether oxygens (including phenoxy) is 1. The van der Waals surface area contributed by atoms with Gasteiger partial charge in [0, 0.05) is 30.1 Å². The number of rotatable bonds is 4. The van der Waals surface area contributed by atoms with E-state index < -0.39 is 0 Å². The number of aromatic hydroxyl groups is 1. The van der Waals surface area contributed by atoms with E-state index in [1.807, 2.05) is 35.2 Å². The van der Waals surface area contributed by atoms with Crippen molar-refractivity contribution in [1.29, 1.82) is 0 Å². The van der Waals surface area contributed by atoms with Gasteiger partial charge in [-0.15, -0.1) is 0 Å². The Bertz CT molecular complexity index is 963. The molecule has 1 unspecified atom stereocenters. The minimum Gasteiger partial charge on any atom is -0.508 e. The third kappa shape index (κ3) is 3.63. The molecule has 0 radical (unpaired) electrons. The average Bonchev–Trinajstić information content (AvgIpc) is 3.11. The fourth-order valence-corrected chi connectivity index (χ4v) is 4.00. The molecular weight excluding hydrogens is 340 g/mol. The minimum absolute atomic E-state index is 0.0235. The summed E-state index contributed by atoms with van der Waals surface area (Å²) < 4.78 is 5.47. The number of hydrogen-bond donors (Lipinski definition) is 2. The molecule has 5 nitrogen and oxygen atoms in total. The molecule has 2 aromatic carbocycles. The number of phenolic OH excluding ortho intramolecular Hbond substituents is 1. The molecule has 1 atom stereocenters. The van der Waals surface area contributed by atoms with E-state index in [-0.39, 0.29) is 11.7 Å². The van der Waals surface area contributed by atoms with Crippen LogP contribution in [-0.2, 0) is 6.42 Å². The molecule has 0 aliphatic carbocycles. The van der Waals surface area contributed by atoms with Crippen LogP contribution in [0.2, 0.25) is 0 Å². The number of piperidine rings is 1. The molecule has 1 fully saturated rings. The number of carbonyl (C=O) groups is 1. The third-order valence-electron chi connectivity index (χ3n) is 5.34. The Balaban J connectivity index is 1.49. The highest BCUT2D eigenvalue weighted by atomic mass is 16.5. The Morgan fingerprint density at radius 1 is 1.26 bits per heavy atom. The number of carbonyl (C=O) groups excluding carboxylic acids is 1. The zero-order valence-electron chi connectivity index (χ0n) is 15.4. The molecule has 1 amide bonds. The van der Waals surface area contributed by atoms with Gasteiger partial charge in [-0.25, -0.2) is 0 Å². The second kappa shape index (κ2) is 7.35. The maximum absolute atomic E-state index is 13.0. The van der Waals surface area contributed by atoms with Gasteiger partial charge in [-0.05, 0) is 55.0 Å². The summed E-state index contributed by atoms with van der Waals surface area (Å²) in [5, 5.41) is 10.5. The van der Waals surface area contributed by atoms with Crippen LogP contribution in [0.5, 0.6) is 11.5 Å². The van der Waals surface area contributed by atoms with Crippen molar-refractivity contribution in [3.63, 3.8) is 0 Å². The summed E-state index contributed by atoms with van der Waals surface area (Å²) in [6, 6.07) is 15.1. The van der Waals surface area contributed by atoms with Gasteiger partial charge in [0.05, 0.1) is 7.11 Å². The first-order chi connectivity index (χ1) is 13.1. The van der Waals surface area contributed by atoms with Crippen molar-refractivity contribution in [2.45, 2.75) is 19.3 Å². The molecule has 2 N–H and O–H groups in total. The van der Waals surface area contributed by atoms with Crippen molar-refractivity contribution in [2.75, 3.05) is 20.2 Å². The average molecular weight is 364 g/mol. The van der Waals surface area contributed by atoms with Crippen LogP contribution in [0.1, 0.15) is 28.9 Å². The van der Waals surface area contributed by atoms with Gasteiger partial charge in [-0.2, -0.15) is 0 Å². The van der Waals surface area contributed by atoms with Crippen molar-refractivity contribution in [2.24, 2.45) is 5.92 Å². The predicted molar refractivity (Wildman–Crippen MR) is 105 cm³/mol. The Hall–Kier alpha value is -2.95. The fourth-order valence-electron chi connectivity index (χ4n) is 4.00. The normalized spacial score (nSPS) is 17.2. The molecule has 27 heavy (non-hydrogen) atoms. The van der Waals surface area contributed by atoms with Gasteiger partial charge in [0.2, 0.25) is 0 Å². The lowest BCUT2D eigenvalue weighted by molar-refractivity contribution is 0.0668. The zero-order valence-corrected chi connectivity index (χ0v) is 15.4. The Labute approximate surface area is 158 Å². The topological polar surface area (TPSA) is 65.6 Å². The van der Waals surface area contributed by atoms with Crippen molar-refractivity contribution < 1.29 is 14.6 Å². The first-order valence-corrected chi connectivity index (χ1v) is 9.37. The predicted octanol–water partition coefficient (Wildman–Crippen LogP) is 3.98. The highest BCUT2D eigenvalue weighted by molar-refractivity contribution is 5.98. The number of benzene rings is 2. The monoisotopic (exact) mass is 364 g/mol. The van der Waals surface area contributed by atoms with Gasteiger partial charge in [-0.3, -0.25) is 4.79 Å². The SMILES string of the molecule is COc1ccccc1CC1CCCN(C(=O)c2cc3ccc(O)cc3[nH]2)C1. The highest BCUT2D eigenvalue weighted by Gasteiger charge is 2.26. The van der Waals surface area contributed by atoms with E-state index in [4.69, 9.17) is 4.74 Å². The summed E-state index contributed by atoms with van der Waals surface area (Å²) in [5.41, 5.74) is 2.55. The smallest absolute Gasteiger partial charge is 0.270 e. The van der Waals surface area contributed by atoms with E-state index in [2.05, 4.69) is 11.1 Å². The highest BCUT2D eigenvalue weighted by Crippen LogP contribution is 2.27. The Morgan fingerprint density at radius 2 is 2.11 bits per heavy atom. The Morgan fingerprint density at radius 3 is 2.96 bits per heavy atom. The molecule has 4 rings (SSSR count). The summed E-state index contributed by atoms with van der Waals surface area (Å²) in [5.74, 6) is 1.55. The molecule has 1 aliphatic heterocycles. The first kappa shape index (κ1) is 17.5. The number of phenols is 1. The number of amides is 1. The Kier molecular flexibility index (Phi) is 4.75. The van der Waals surface area contributed by atoms with Crippen LogP contribution in [-0.4, -0.2) is 41.1 Å². The summed E-state index contributed by atoms with van der Waals surface area (Å²) >= 11 is 0. The number of likely N-dealkylation sites (tertiary alicyclic amines) is 1. The van der Waals surface area contributed by atoms with E-state index >= 15 is 0 Å². The lowest BCUT2D eigenvalue weighted by Gasteiger charge is -2.32. The summed E-state index contributed by atoms with van der Waals surface area (Å²) in [6.45, 7) is 1.53. The summed E-state index contributed by atoms with van der Waals surface area (Å²) in [7, 11) is 1.70. The van der Waals surface area contributed by atoms with E-state index in [9.17, 15) is 9.90 Å². The molecule has 0 spiro atoms. The van der Waals surface area contributed by atoms with Crippen molar-refractivity contribution >= 4 is 16.8 Å². The molecule has 1 saturated heterocycles. The zero-order chi connectivity index (χ0) is 18.8. The number of hydrogen-bond acceptors (Lipinski definition) is 3. The fraction of sp³-hybridized carbons (Fsp3) is 0.318. The molecule has 1 aromatic heterocycles. The number of nitrogens with one attached hydrogen (secondary N) is 1. The minimum atomic E-state index is 0.0235. The van der Waals surface area contributed by atoms with Gasteiger partial charge >= 0.3 is 0 Å². The van der Waals surface area contributed by atoms with Gasteiger partial charge in [0.25, 0.3) is 5.91 Å². The van der Waals surface area contributed by atoms with Crippen molar-refractivity contribution in [3.05, 3.63) is 59.8 Å². The maximum atomic E-state index is 13.0. The third-order valence-corrected chi connectivity index (χ3v) is 5.34. The number of aromatic amines is 1. The molecular formula is C22H24N2O3. The van der Waals surface area contributed by atoms with Gasteiger partial charge in [0.15, 0.2) is 0 Å². The number of aromatic nitrogens is 1. The van der Waals surface area contributed by atoms with E-state index in [1.165, 1.54) is 5.56 Å². The quantitative estimate of drug-likeness (QED) is 0.736. The summed E-state index contributed by atoms with van der Waals surface area (Å²) in [4.78, 5) is 18.1. The van der Waals surface area contributed by atoms with Crippen LogP contribution in [0, 0.1) is 5.92 Å². The second-order valence-corrected chi connectivity index (χ2v) is 7.23. The lowest BCUT2D eigenvalue weighted by Crippen LogP contribution is -2.40. The molecule has 2 heterocycles. The number of methoxy groups -OCH3 is 1. The van der Waals surface area contributed by atoms with Gasteiger partial charge in [-0.1, -0.05) is 18.2 Å².